The first-order valence-corrected chi connectivity index (χ1v) is 7.81. The number of nitrogens with two attached hydrogens (primary N) is 2. The lowest BCUT2D eigenvalue weighted by Gasteiger charge is -2.03. The van der Waals surface area contributed by atoms with E-state index in [0.717, 1.165) is 32.4 Å². The third-order valence-electron chi connectivity index (χ3n) is 2.72. The highest BCUT2D eigenvalue weighted by molar-refractivity contribution is 7.11. The first kappa shape index (κ1) is 23.4. The van der Waals surface area contributed by atoms with E-state index in [1.807, 2.05) is 11.3 Å². The van der Waals surface area contributed by atoms with Crippen molar-refractivity contribution in [3.8, 4) is 0 Å². The summed E-state index contributed by atoms with van der Waals surface area (Å²) >= 11 is 1.89. The molecule has 1 aromatic heterocycles. The van der Waals surface area contributed by atoms with Gasteiger partial charge in [0.2, 0.25) is 0 Å². The summed E-state index contributed by atoms with van der Waals surface area (Å²) in [4.78, 5) is 2.85. The number of ether oxygens (including phenoxy) is 2. The molecule has 0 radical (unpaired) electrons. The Bertz CT molecular complexity index is 328. The summed E-state index contributed by atoms with van der Waals surface area (Å²) in [5, 5.41) is 0. The van der Waals surface area contributed by atoms with Crippen molar-refractivity contribution < 1.29 is 9.47 Å². The minimum atomic E-state index is 0. The van der Waals surface area contributed by atoms with Gasteiger partial charge in [0.25, 0.3) is 0 Å². The number of hydrogen-bond donors (Lipinski definition) is 2. The Morgan fingerprint density at radius 3 is 2.00 bits per heavy atom. The molecule has 1 rings (SSSR count). The van der Waals surface area contributed by atoms with E-state index in [2.05, 4.69) is 12.1 Å². The third-order valence-corrected chi connectivity index (χ3v) is 3.93. The summed E-state index contributed by atoms with van der Waals surface area (Å²) in [6.07, 6.45) is 4.43. The molecule has 1 aromatic rings. The maximum atomic E-state index is 5.52. The lowest BCUT2D eigenvalue weighted by atomic mass is 10.2. The van der Waals surface area contributed by atoms with E-state index >= 15 is 0 Å². The average molecular weight is 359 g/mol. The highest BCUT2D eigenvalue weighted by atomic mass is 35.5. The minimum Gasteiger partial charge on any atom is -0.379 e. The van der Waals surface area contributed by atoms with Gasteiger partial charge in [0, 0.05) is 22.7 Å². The molecule has 0 unspecified atom stereocenters. The maximum absolute atomic E-state index is 5.52. The van der Waals surface area contributed by atoms with Crippen molar-refractivity contribution in [2.45, 2.75) is 25.7 Å². The van der Waals surface area contributed by atoms with Gasteiger partial charge in [-0.25, -0.2) is 0 Å². The molecule has 0 fully saturated rings. The molecule has 7 heteroatoms. The Labute approximate surface area is 144 Å². The Morgan fingerprint density at radius 2 is 1.38 bits per heavy atom. The van der Waals surface area contributed by atoms with Gasteiger partial charge in [-0.2, -0.15) is 0 Å². The van der Waals surface area contributed by atoms with E-state index in [0.29, 0.717) is 26.4 Å². The van der Waals surface area contributed by atoms with Crippen molar-refractivity contribution in [1.82, 2.24) is 0 Å². The summed E-state index contributed by atoms with van der Waals surface area (Å²) in [7, 11) is 0. The zero-order chi connectivity index (χ0) is 13.8. The smallest absolute Gasteiger partial charge is 0.0701 e. The van der Waals surface area contributed by atoms with Gasteiger partial charge in [0.1, 0.15) is 0 Å². The second-order valence-electron chi connectivity index (χ2n) is 4.38. The van der Waals surface area contributed by atoms with Crippen LogP contribution in [0.15, 0.2) is 12.1 Å². The van der Waals surface area contributed by atoms with E-state index in [1.54, 1.807) is 0 Å². The summed E-state index contributed by atoms with van der Waals surface area (Å²) in [5.74, 6) is 0. The van der Waals surface area contributed by atoms with Gasteiger partial charge in [-0.3, -0.25) is 0 Å². The molecule has 21 heavy (non-hydrogen) atoms. The van der Waals surface area contributed by atoms with Crippen molar-refractivity contribution in [3.63, 3.8) is 0 Å². The van der Waals surface area contributed by atoms with Gasteiger partial charge in [0.05, 0.1) is 26.4 Å². The Morgan fingerprint density at radius 1 is 0.762 bits per heavy atom. The fourth-order valence-corrected chi connectivity index (χ4v) is 2.75. The first-order valence-electron chi connectivity index (χ1n) is 7.00. The van der Waals surface area contributed by atoms with Crippen LogP contribution >= 0.6 is 36.2 Å². The third kappa shape index (κ3) is 12.4. The molecular formula is C14H28Cl2N2O2S. The van der Waals surface area contributed by atoms with E-state index in [1.165, 1.54) is 16.2 Å². The van der Waals surface area contributed by atoms with Crippen LogP contribution in [0.25, 0.3) is 0 Å². The Balaban J connectivity index is 0. The second-order valence-corrected chi connectivity index (χ2v) is 5.63. The lowest BCUT2D eigenvalue weighted by molar-refractivity contribution is 0.0521. The number of thiophene rings is 1. The first-order chi connectivity index (χ1) is 9.36. The molecule has 4 nitrogen and oxygen atoms in total. The van der Waals surface area contributed by atoms with Gasteiger partial charge < -0.3 is 20.9 Å². The number of rotatable bonds is 12. The van der Waals surface area contributed by atoms with Gasteiger partial charge in [-0.15, -0.1) is 36.2 Å². The van der Waals surface area contributed by atoms with Crippen LogP contribution in [0.2, 0.25) is 0 Å². The fourth-order valence-electron chi connectivity index (χ4n) is 1.71. The normalized spacial score (nSPS) is 10.0. The molecule has 0 aliphatic heterocycles. The molecule has 0 amide bonds. The summed E-state index contributed by atoms with van der Waals surface area (Å²) < 4.78 is 10.8. The molecule has 0 saturated carbocycles. The van der Waals surface area contributed by atoms with E-state index in [9.17, 15) is 0 Å². The number of halogens is 2. The monoisotopic (exact) mass is 358 g/mol. The summed E-state index contributed by atoms with van der Waals surface area (Å²) in [6.45, 7) is 4.01. The SMILES string of the molecule is Cl.Cl.NCCCCc1ccc(CCOCCOCCN)s1. The van der Waals surface area contributed by atoms with E-state index in [-0.39, 0.29) is 24.8 Å². The van der Waals surface area contributed by atoms with Crippen molar-refractivity contribution in [2.75, 3.05) is 39.5 Å². The summed E-state index contributed by atoms with van der Waals surface area (Å²) in [6, 6.07) is 4.43. The van der Waals surface area contributed by atoms with E-state index in [4.69, 9.17) is 20.9 Å². The molecule has 0 aliphatic rings. The van der Waals surface area contributed by atoms with Gasteiger partial charge >= 0.3 is 0 Å². The molecular weight excluding hydrogens is 331 g/mol. The van der Waals surface area contributed by atoms with Gasteiger partial charge in [0.15, 0.2) is 0 Å². The maximum Gasteiger partial charge on any atom is 0.0701 e. The largest absolute Gasteiger partial charge is 0.379 e. The number of aryl methyl sites for hydroxylation is 1. The topological polar surface area (TPSA) is 70.5 Å². The molecule has 0 bridgehead atoms. The Hall–Kier alpha value is 0.120. The molecule has 1 heterocycles. The van der Waals surface area contributed by atoms with Crippen LogP contribution < -0.4 is 11.5 Å². The highest BCUT2D eigenvalue weighted by Gasteiger charge is 2.00. The van der Waals surface area contributed by atoms with Gasteiger partial charge in [-0.05, 0) is 37.9 Å². The van der Waals surface area contributed by atoms with Crippen LogP contribution in [0.3, 0.4) is 0 Å². The van der Waals surface area contributed by atoms with Crippen molar-refractivity contribution >= 4 is 36.2 Å². The minimum absolute atomic E-state index is 0. The fraction of sp³-hybridized carbons (Fsp3) is 0.714. The van der Waals surface area contributed by atoms with Crippen LogP contribution in [-0.2, 0) is 22.3 Å². The van der Waals surface area contributed by atoms with Crippen molar-refractivity contribution in [3.05, 3.63) is 21.9 Å². The zero-order valence-corrected chi connectivity index (χ0v) is 14.9. The quantitative estimate of drug-likeness (QED) is 0.562. The van der Waals surface area contributed by atoms with E-state index < -0.39 is 0 Å². The molecule has 4 N–H and O–H groups in total. The molecule has 126 valence electrons. The lowest BCUT2D eigenvalue weighted by Crippen LogP contribution is -2.12. The van der Waals surface area contributed by atoms with Crippen LogP contribution in [0, 0.1) is 0 Å². The van der Waals surface area contributed by atoms with Crippen LogP contribution in [0.1, 0.15) is 22.6 Å². The molecule has 0 atom stereocenters. The molecule has 0 saturated heterocycles. The standard InChI is InChI=1S/C14H26N2O2S.2ClH/c15-7-2-1-3-13-4-5-14(19-13)6-9-17-11-12-18-10-8-16;;/h4-5H,1-3,6-12,15-16H2;2*1H. The van der Waals surface area contributed by atoms with Crippen molar-refractivity contribution in [1.29, 1.82) is 0 Å². The number of hydrogen-bond acceptors (Lipinski definition) is 5. The highest BCUT2D eigenvalue weighted by Crippen LogP contribution is 2.19. The predicted molar refractivity (Wildman–Crippen MR) is 95.2 cm³/mol. The predicted octanol–water partition coefficient (Wildman–Crippen LogP) is 2.41. The van der Waals surface area contributed by atoms with Crippen molar-refractivity contribution in [2.24, 2.45) is 11.5 Å². The zero-order valence-electron chi connectivity index (χ0n) is 12.4. The average Bonchev–Trinajstić information content (AvgIpc) is 2.86. The van der Waals surface area contributed by atoms with Crippen LogP contribution in [0.5, 0.6) is 0 Å². The van der Waals surface area contributed by atoms with Crippen LogP contribution in [0.4, 0.5) is 0 Å². The number of unbranched alkanes of at least 4 members (excludes halogenated alkanes) is 1. The Kier molecular flexibility index (Phi) is 18.4. The molecule has 0 aromatic carbocycles. The molecule has 0 spiro atoms. The molecule has 0 aliphatic carbocycles. The van der Waals surface area contributed by atoms with Gasteiger partial charge in [-0.1, -0.05) is 0 Å². The van der Waals surface area contributed by atoms with Crippen LogP contribution in [-0.4, -0.2) is 39.5 Å². The summed E-state index contributed by atoms with van der Waals surface area (Å²) in [5.41, 5.74) is 10.8. The second kappa shape index (κ2) is 16.5.